The van der Waals surface area contributed by atoms with Gasteiger partial charge in [-0.25, -0.2) is 8.42 Å². The van der Waals surface area contributed by atoms with Gasteiger partial charge in [-0.1, -0.05) is 13.8 Å². The first kappa shape index (κ1) is 19.5. The third-order valence-corrected chi connectivity index (χ3v) is 4.35. The number of sulfone groups is 1. The highest BCUT2D eigenvalue weighted by Crippen LogP contribution is 2.21. The number of furan rings is 1. The number of hydrogen-bond acceptors (Lipinski definition) is 4. The van der Waals surface area contributed by atoms with Crippen LogP contribution in [0.3, 0.4) is 0 Å². The molecule has 132 valence electrons. The Bertz CT molecular complexity index is 578. The fourth-order valence-corrected chi connectivity index (χ4v) is 2.86. The minimum absolute atomic E-state index is 0.160. The van der Waals surface area contributed by atoms with Crippen molar-refractivity contribution in [2.75, 3.05) is 31.6 Å². The van der Waals surface area contributed by atoms with E-state index in [1.165, 1.54) is 6.26 Å². The van der Waals surface area contributed by atoms with Crippen molar-refractivity contribution in [1.29, 1.82) is 0 Å². The highest BCUT2D eigenvalue weighted by Gasteiger charge is 2.20. The van der Waals surface area contributed by atoms with E-state index >= 15 is 0 Å². The Morgan fingerprint density at radius 2 is 2.09 bits per heavy atom. The van der Waals surface area contributed by atoms with Gasteiger partial charge in [-0.2, -0.15) is 0 Å². The molecular weight excluding hydrogens is 314 g/mol. The first-order valence-electron chi connectivity index (χ1n) is 7.94. The van der Waals surface area contributed by atoms with Gasteiger partial charge in [-0.15, -0.1) is 0 Å². The molecule has 0 aliphatic carbocycles. The highest BCUT2D eigenvalue weighted by atomic mass is 32.2. The third-order valence-electron chi connectivity index (χ3n) is 3.40. The van der Waals surface area contributed by atoms with Crippen molar-refractivity contribution in [3.8, 4) is 0 Å². The van der Waals surface area contributed by atoms with Crippen LogP contribution in [0, 0.1) is 5.41 Å². The third kappa shape index (κ3) is 9.28. The molecule has 0 spiro atoms. The van der Waals surface area contributed by atoms with E-state index in [9.17, 15) is 8.42 Å². The van der Waals surface area contributed by atoms with Crippen molar-refractivity contribution in [1.82, 2.24) is 10.6 Å². The molecule has 0 amide bonds. The first-order valence-corrected chi connectivity index (χ1v) is 10.0. The fraction of sp³-hybridized carbons (Fsp3) is 0.688. The molecule has 1 aromatic rings. The summed E-state index contributed by atoms with van der Waals surface area (Å²) in [5, 5.41) is 6.46. The van der Waals surface area contributed by atoms with Gasteiger partial charge < -0.3 is 15.1 Å². The lowest BCUT2D eigenvalue weighted by atomic mass is 9.90. The molecule has 23 heavy (non-hydrogen) atoms. The summed E-state index contributed by atoms with van der Waals surface area (Å²) in [4.78, 5) is 4.57. The first-order chi connectivity index (χ1) is 10.7. The van der Waals surface area contributed by atoms with E-state index in [0.29, 0.717) is 13.0 Å². The summed E-state index contributed by atoms with van der Waals surface area (Å²) in [5.74, 6) is 1.87. The van der Waals surface area contributed by atoms with Gasteiger partial charge in [0.15, 0.2) is 5.96 Å². The molecule has 0 atom stereocenters. The molecule has 1 heterocycles. The Hall–Kier alpha value is -1.50. The normalized spacial score (nSPS) is 13.1. The Labute approximate surface area is 139 Å². The largest absolute Gasteiger partial charge is 0.469 e. The van der Waals surface area contributed by atoms with Crippen molar-refractivity contribution in [2.24, 2.45) is 10.4 Å². The van der Waals surface area contributed by atoms with Crippen molar-refractivity contribution in [3.63, 3.8) is 0 Å². The Balaban J connectivity index is 2.49. The van der Waals surface area contributed by atoms with Crippen LogP contribution in [-0.2, 0) is 16.3 Å². The molecule has 0 bridgehead atoms. The van der Waals surface area contributed by atoms with E-state index in [1.807, 2.05) is 32.9 Å². The maximum absolute atomic E-state index is 11.3. The van der Waals surface area contributed by atoms with E-state index < -0.39 is 9.84 Å². The SMILES string of the molecule is CCNC(=NCC(C)(C)CCS(C)(=O)=O)NCCc1ccco1. The Morgan fingerprint density at radius 3 is 2.65 bits per heavy atom. The maximum Gasteiger partial charge on any atom is 0.191 e. The van der Waals surface area contributed by atoms with Gasteiger partial charge in [0.25, 0.3) is 0 Å². The van der Waals surface area contributed by atoms with Gasteiger partial charge in [-0.3, -0.25) is 4.99 Å². The molecule has 0 fully saturated rings. The summed E-state index contributed by atoms with van der Waals surface area (Å²) in [6.45, 7) is 8.15. The topological polar surface area (TPSA) is 83.7 Å². The van der Waals surface area contributed by atoms with E-state index in [1.54, 1.807) is 6.26 Å². The second kappa shape index (κ2) is 8.96. The fourth-order valence-electron chi connectivity index (χ4n) is 1.93. The second-order valence-electron chi connectivity index (χ2n) is 6.50. The van der Waals surface area contributed by atoms with Crippen LogP contribution < -0.4 is 10.6 Å². The number of hydrogen-bond donors (Lipinski definition) is 2. The molecule has 7 heteroatoms. The van der Waals surface area contributed by atoms with Crippen molar-refractivity contribution in [3.05, 3.63) is 24.2 Å². The van der Waals surface area contributed by atoms with Crippen LogP contribution in [0.5, 0.6) is 0 Å². The molecule has 0 unspecified atom stereocenters. The smallest absolute Gasteiger partial charge is 0.191 e. The van der Waals surface area contributed by atoms with Gasteiger partial charge in [-0.05, 0) is 30.9 Å². The molecule has 0 aliphatic rings. The average molecular weight is 343 g/mol. The van der Waals surface area contributed by atoms with Crippen molar-refractivity contribution >= 4 is 15.8 Å². The minimum atomic E-state index is -2.94. The molecule has 0 radical (unpaired) electrons. The van der Waals surface area contributed by atoms with Gasteiger partial charge in [0.2, 0.25) is 0 Å². The lowest BCUT2D eigenvalue weighted by molar-refractivity contribution is 0.365. The van der Waals surface area contributed by atoms with Crippen LogP contribution >= 0.6 is 0 Å². The quantitative estimate of drug-likeness (QED) is 0.528. The van der Waals surface area contributed by atoms with Crippen LogP contribution in [0.25, 0.3) is 0 Å². The number of nitrogens with one attached hydrogen (secondary N) is 2. The molecule has 1 rings (SSSR count). The molecule has 1 aromatic heterocycles. The molecular formula is C16H29N3O3S. The van der Waals surface area contributed by atoms with Crippen LogP contribution in [0.2, 0.25) is 0 Å². The monoisotopic (exact) mass is 343 g/mol. The second-order valence-corrected chi connectivity index (χ2v) is 8.76. The van der Waals surface area contributed by atoms with Crippen LogP contribution in [0.15, 0.2) is 27.8 Å². The van der Waals surface area contributed by atoms with Crippen molar-refractivity contribution < 1.29 is 12.8 Å². The zero-order valence-corrected chi connectivity index (χ0v) is 15.4. The molecule has 0 aliphatic heterocycles. The molecule has 0 saturated carbocycles. The van der Waals surface area contributed by atoms with Gasteiger partial charge >= 0.3 is 0 Å². The summed E-state index contributed by atoms with van der Waals surface area (Å²) < 4.78 is 27.9. The summed E-state index contributed by atoms with van der Waals surface area (Å²) in [7, 11) is -2.94. The zero-order chi connectivity index (χ0) is 17.3. The number of guanidine groups is 1. The van der Waals surface area contributed by atoms with Gasteiger partial charge in [0.05, 0.1) is 12.0 Å². The standard InChI is InChI=1S/C16H29N3O3S/c1-5-17-15(18-10-8-14-7-6-11-22-14)19-13-16(2,3)9-12-23(4,20)21/h6-7,11H,5,8-10,12-13H2,1-4H3,(H2,17,18,19). The molecule has 6 nitrogen and oxygen atoms in total. The summed E-state index contributed by atoms with van der Waals surface area (Å²) in [6, 6.07) is 3.82. The lowest BCUT2D eigenvalue weighted by Crippen LogP contribution is -2.39. The van der Waals surface area contributed by atoms with Gasteiger partial charge in [0, 0.05) is 32.3 Å². The molecule has 2 N–H and O–H groups in total. The zero-order valence-electron chi connectivity index (χ0n) is 14.6. The highest BCUT2D eigenvalue weighted by molar-refractivity contribution is 7.90. The Morgan fingerprint density at radius 1 is 1.35 bits per heavy atom. The molecule has 0 aromatic carbocycles. The van der Waals surface area contributed by atoms with Crippen LogP contribution in [-0.4, -0.2) is 46.0 Å². The van der Waals surface area contributed by atoms with Gasteiger partial charge in [0.1, 0.15) is 15.6 Å². The van der Waals surface area contributed by atoms with Crippen molar-refractivity contribution in [2.45, 2.75) is 33.6 Å². The number of nitrogens with zero attached hydrogens (tertiary/aromatic N) is 1. The van der Waals surface area contributed by atoms with E-state index in [-0.39, 0.29) is 11.2 Å². The Kier molecular flexibility index (Phi) is 7.61. The predicted molar refractivity (Wildman–Crippen MR) is 94.5 cm³/mol. The lowest BCUT2D eigenvalue weighted by Gasteiger charge is -2.22. The van der Waals surface area contributed by atoms with E-state index in [2.05, 4.69) is 15.6 Å². The van der Waals surface area contributed by atoms with E-state index in [0.717, 1.165) is 31.2 Å². The minimum Gasteiger partial charge on any atom is -0.469 e. The van der Waals surface area contributed by atoms with Crippen LogP contribution in [0.4, 0.5) is 0 Å². The maximum atomic E-state index is 11.3. The molecule has 0 saturated heterocycles. The number of aliphatic imine (C=N–C) groups is 1. The predicted octanol–water partition coefficient (Wildman–Crippen LogP) is 1.84. The summed E-state index contributed by atoms with van der Waals surface area (Å²) in [5.41, 5.74) is -0.160. The van der Waals surface area contributed by atoms with Crippen LogP contribution in [0.1, 0.15) is 33.0 Å². The summed E-state index contributed by atoms with van der Waals surface area (Å²) >= 11 is 0. The van der Waals surface area contributed by atoms with E-state index in [4.69, 9.17) is 4.42 Å². The average Bonchev–Trinajstić information content (AvgIpc) is 2.95. The summed E-state index contributed by atoms with van der Waals surface area (Å²) in [6.07, 6.45) is 4.32. The number of rotatable bonds is 9.